The minimum atomic E-state index is -3.71. The van der Waals surface area contributed by atoms with Gasteiger partial charge in [-0.15, -0.1) is 26.6 Å². The number of rotatable bonds is 4. The van der Waals surface area contributed by atoms with Crippen molar-refractivity contribution in [2.45, 2.75) is 11.1 Å². The Morgan fingerprint density at radius 1 is 1.12 bits per heavy atom. The molecule has 1 aromatic carbocycles. The van der Waals surface area contributed by atoms with Crippen molar-refractivity contribution in [3.8, 4) is 11.4 Å². The summed E-state index contributed by atoms with van der Waals surface area (Å²) in [6, 6.07) is 14.2. The van der Waals surface area contributed by atoms with Crippen LogP contribution in [-0.4, -0.2) is 28.2 Å². The Morgan fingerprint density at radius 2 is 1.96 bits per heavy atom. The van der Waals surface area contributed by atoms with Crippen LogP contribution in [0.25, 0.3) is 17.0 Å². The third-order valence-electron chi connectivity index (χ3n) is 3.59. The number of hydrogen-bond acceptors (Lipinski definition) is 6. The van der Waals surface area contributed by atoms with Gasteiger partial charge in [-0.2, -0.15) is 4.52 Å². The van der Waals surface area contributed by atoms with E-state index in [1.165, 1.54) is 10.6 Å². The maximum absolute atomic E-state index is 12.5. The molecule has 1 N–H and O–H groups in total. The van der Waals surface area contributed by atoms with Crippen LogP contribution in [0.4, 0.5) is 5.82 Å². The van der Waals surface area contributed by atoms with Crippen LogP contribution < -0.4 is 4.72 Å². The van der Waals surface area contributed by atoms with Crippen LogP contribution in [0.5, 0.6) is 0 Å². The normalized spacial score (nSPS) is 11.8. The standard InChI is InChI=1S/C16H12BrN5O2S2/c1-10-3-2-4-11(9-10)16-19-18-14-7-6-13(20-22(14)16)21-26(23,24)15-8-5-12(17)25-15/h2-9H,1H3,(H,20,21). The quantitative estimate of drug-likeness (QED) is 0.512. The molecule has 0 radical (unpaired) electrons. The molecule has 0 atom stereocenters. The number of sulfonamides is 1. The number of fused-ring (bicyclic) bond motifs is 1. The first-order valence-electron chi connectivity index (χ1n) is 7.50. The summed E-state index contributed by atoms with van der Waals surface area (Å²) >= 11 is 4.40. The van der Waals surface area contributed by atoms with Crippen molar-refractivity contribution >= 4 is 48.8 Å². The molecule has 0 aliphatic rings. The number of anilines is 1. The molecule has 0 amide bonds. The van der Waals surface area contributed by atoms with Crippen molar-refractivity contribution in [3.63, 3.8) is 0 Å². The maximum atomic E-state index is 12.5. The topological polar surface area (TPSA) is 89.2 Å². The van der Waals surface area contributed by atoms with Crippen LogP contribution in [0.3, 0.4) is 0 Å². The summed E-state index contributed by atoms with van der Waals surface area (Å²) in [5.41, 5.74) is 2.47. The SMILES string of the molecule is Cc1cccc(-c2nnc3ccc(NS(=O)(=O)c4ccc(Br)s4)nn23)c1. The Kier molecular flexibility index (Phi) is 4.25. The van der Waals surface area contributed by atoms with Gasteiger partial charge in [-0.05, 0) is 53.2 Å². The Morgan fingerprint density at radius 3 is 2.69 bits per heavy atom. The lowest BCUT2D eigenvalue weighted by atomic mass is 10.1. The third-order valence-corrected chi connectivity index (χ3v) is 7.06. The molecular weight excluding hydrogens is 438 g/mol. The monoisotopic (exact) mass is 449 g/mol. The Balaban J connectivity index is 1.75. The third kappa shape index (κ3) is 3.22. The number of nitrogens with zero attached hydrogens (tertiary/aromatic N) is 4. The fraction of sp³-hybridized carbons (Fsp3) is 0.0625. The van der Waals surface area contributed by atoms with Gasteiger partial charge in [0.05, 0.1) is 3.79 Å². The highest BCUT2D eigenvalue weighted by molar-refractivity contribution is 9.11. The zero-order valence-electron chi connectivity index (χ0n) is 13.4. The van der Waals surface area contributed by atoms with Crippen molar-refractivity contribution in [2.75, 3.05) is 4.72 Å². The number of thiophene rings is 1. The molecule has 0 saturated carbocycles. The van der Waals surface area contributed by atoms with Crippen molar-refractivity contribution in [1.82, 2.24) is 19.8 Å². The Hall–Kier alpha value is -2.30. The second-order valence-corrected chi connectivity index (χ2v) is 9.92. The van der Waals surface area contributed by atoms with Gasteiger partial charge in [0.1, 0.15) is 4.21 Å². The molecule has 4 aromatic rings. The van der Waals surface area contributed by atoms with E-state index in [0.717, 1.165) is 26.3 Å². The number of aromatic nitrogens is 4. The van der Waals surface area contributed by atoms with Gasteiger partial charge in [-0.3, -0.25) is 4.72 Å². The molecule has 0 aliphatic heterocycles. The number of aryl methyl sites for hydroxylation is 1. The van der Waals surface area contributed by atoms with E-state index in [1.807, 2.05) is 31.2 Å². The average Bonchev–Trinajstić information content (AvgIpc) is 3.21. The van der Waals surface area contributed by atoms with E-state index in [9.17, 15) is 8.42 Å². The van der Waals surface area contributed by atoms with Gasteiger partial charge in [-0.25, -0.2) is 8.42 Å². The molecule has 4 rings (SSSR count). The van der Waals surface area contributed by atoms with Crippen molar-refractivity contribution < 1.29 is 8.42 Å². The molecule has 0 unspecified atom stereocenters. The number of hydrogen-bond donors (Lipinski definition) is 1. The Labute approximate surface area is 161 Å². The number of halogens is 1. The minimum absolute atomic E-state index is 0.190. The first-order valence-corrected chi connectivity index (χ1v) is 10.6. The fourth-order valence-electron chi connectivity index (χ4n) is 2.44. The first-order chi connectivity index (χ1) is 12.4. The first kappa shape index (κ1) is 17.1. The molecule has 0 saturated heterocycles. The summed E-state index contributed by atoms with van der Waals surface area (Å²) in [5, 5.41) is 12.6. The van der Waals surface area contributed by atoms with Crippen LogP contribution in [-0.2, 0) is 10.0 Å². The van der Waals surface area contributed by atoms with Crippen LogP contribution >= 0.6 is 27.3 Å². The molecule has 3 aromatic heterocycles. The highest BCUT2D eigenvalue weighted by Crippen LogP contribution is 2.27. The Bertz CT molecular complexity index is 1220. The second kappa shape index (κ2) is 6.45. The second-order valence-electron chi connectivity index (χ2n) is 5.55. The van der Waals surface area contributed by atoms with E-state index in [2.05, 4.69) is 35.9 Å². The fourth-order valence-corrected chi connectivity index (χ4v) is 5.44. The van der Waals surface area contributed by atoms with E-state index in [0.29, 0.717) is 11.5 Å². The molecule has 132 valence electrons. The van der Waals surface area contributed by atoms with Gasteiger partial charge in [-0.1, -0.05) is 23.8 Å². The van der Waals surface area contributed by atoms with Gasteiger partial charge in [0.2, 0.25) is 0 Å². The van der Waals surface area contributed by atoms with Crippen LogP contribution in [0.15, 0.2) is 56.5 Å². The van der Waals surface area contributed by atoms with Crippen molar-refractivity contribution in [3.05, 3.63) is 57.9 Å². The van der Waals surface area contributed by atoms with Crippen LogP contribution in [0.2, 0.25) is 0 Å². The molecule has 0 bridgehead atoms. The smallest absolute Gasteiger partial charge is 0.261 e. The highest BCUT2D eigenvalue weighted by Gasteiger charge is 2.18. The summed E-state index contributed by atoms with van der Waals surface area (Å²) in [6.07, 6.45) is 0. The average molecular weight is 450 g/mol. The van der Waals surface area contributed by atoms with E-state index in [4.69, 9.17) is 0 Å². The van der Waals surface area contributed by atoms with E-state index in [-0.39, 0.29) is 10.0 Å². The summed E-state index contributed by atoms with van der Waals surface area (Å²) in [7, 11) is -3.71. The molecule has 0 fully saturated rings. The predicted molar refractivity (Wildman–Crippen MR) is 104 cm³/mol. The van der Waals surface area contributed by atoms with Crippen molar-refractivity contribution in [2.24, 2.45) is 0 Å². The lowest BCUT2D eigenvalue weighted by Crippen LogP contribution is -2.13. The molecule has 0 aliphatic carbocycles. The molecular formula is C16H12BrN5O2S2. The highest BCUT2D eigenvalue weighted by atomic mass is 79.9. The summed E-state index contributed by atoms with van der Waals surface area (Å²) in [6.45, 7) is 1.98. The largest absolute Gasteiger partial charge is 0.272 e. The summed E-state index contributed by atoms with van der Waals surface area (Å²) in [4.78, 5) is 0. The predicted octanol–water partition coefficient (Wildman–Crippen LogP) is 3.72. The van der Waals surface area contributed by atoms with Gasteiger partial charge in [0.15, 0.2) is 17.3 Å². The van der Waals surface area contributed by atoms with Gasteiger partial charge in [0.25, 0.3) is 10.0 Å². The molecule has 7 nitrogen and oxygen atoms in total. The van der Waals surface area contributed by atoms with Gasteiger partial charge < -0.3 is 0 Å². The molecule has 3 heterocycles. The van der Waals surface area contributed by atoms with Gasteiger partial charge in [0, 0.05) is 5.56 Å². The molecule has 10 heteroatoms. The van der Waals surface area contributed by atoms with Crippen LogP contribution in [0.1, 0.15) is 5.56 Å². The van der Waals surface area contributed by atoms with E-state index < -0.39 is 10.0 Å². The maximum Gasteiger partial charge on any atom is 0.272 e. The lowest BCUT2D eigenvalue weighted by Gasteiger charge is -2.06. The minimum Gasteiger partial charge on any atom is -0.261 e. The van der Waals surface area contributed by atoms with Crippen molar-refractivity contribution in [1.29, 1.82) is 0 Å². The zero-order chi connectivity index (χ0) is 18.3. The van der Waals surface area contributed by atoms with E-state index in [1.54, 1.807) is 18.2 Å². The lowest BCUT2D eigenvalue weighted by molar-refractivity contribution is 0.603. The number of nitrogens with one attached hydrogen (secondary N) is 1. The molecule has 26 heavy (non-hydrogen) atoms. The van der Waals surface area contributed by atoms with E-state index >= 15 is 0 Å². The zero-order valence-corrected chi connectivity index (χ0v) is 16.6. The van der Waals surface area contributed by atoms with Gasteiger partial charge >= 0.3 is 0 Å². The summed E-state index contributed by atoms with van der Waals surface area (Å²) < 4.78 is 29.9. The van der Waals surface area contributed by atoms with Crippen LogP contribution in [0, 0.1) is 6.92 Å². The molecule has 0 spiro atoms. The summed E-state index contributed by atoms with van der Waals surface area (Å²) in [5.74, 6) is 0.736. The number of benzene rings is 1.